The first-order valence-corrected chi connectivity index (χ1v) is 7.01. The van der Waals surface area contributed by atoms with E-state index in [1.165, 1.54) is 5.56 Å². The van der Waals surface area contributed by atoms with Gasteiger partial charge in [-0.25, -0.2) is 4.98 Å². The molecule has 0 bridgehead atoms. The van der Waals surface area contributed by atoms with Gasteiger partial charge in [-0.15, -0.1) is 0 Å². The minimum Gasteiger partial charge on any atom is -0.478 e. The van der Waals surface area contributed by atoms with E-state index in [2.05, 4.69) is 44.1 Å². The number of pyridine rings is 1. The van der Waals surface area contributed by atoms with Crippen LogP contribution in [0.2, 0.25) is 0 Å². The van der Waals surface area contributed by atoms with Crippen LogP contribution in [-0.2, 0) is 6.54 Å². The highest BCUT2D eigenvalue weighted by atomic mass is 16.5. The molecule has 1 aromatic rings. The molecular formula is C15H26N2O. The molecular weight excluding hydrogens is 224 g/mol. The fraction of sp³-hybridized carbons (Fsp3) is 0.667. The summed E-state index contributed by atoms with van der Waals surface area (Å²) in [4.78, 5) is 4.56. The van der Waals surface area contributed by atoms with Crippen molar-refractivity contribution < 1.29 is 4.74 Å². The molecule has 0 saturated carbocycles. The van der Waals surface area contributed by atoms with Gasteiger partial charge in [-0.05, 0) is 30.5 Å². The van der Waals surface area contributed by atoms with Crippen molar-refractivity contribution in [3.8, 4) is 5.88 Å². The lowest BCUT2D eigenvalue weighted by Crippen LogP contribution is -2.13. The first-order chi connectivity index (χ1) is 8.67. The maximum Gasteiger partial charge on any atom is 0.213 e. The highest BCUT2D eigenvalue weighted by Gasteiger charge is 2.07. The maximum absolute atomic E-state index is 5.72. The number of rotatable bonds is 8. The molecule has 0 amide bonds. The molecule has 102 valence electrons. The van der Waals surface area contributed by atoms with E-state index in [0.717, 1.165) is 44.1 Å². The summed E-state index contributed by atoms with van der Waals surface area (Å²) in [7, 11) is 0. The van der Waals surface area contributed by atoms with Crippen molar-refractivity contribution in [2.24, 2.45) is 0 Å². The fourth-order valence-electron chi connectivity index (χ4n) is 1.64. The number of aromatic nitrogens is 1. The second-order valence-corrected chi connectivity index (χ2v) is 4.88. The molecule has 0 radical (unpaired) electrons. The van der Waals surface area contributed by atoms with Crippen LogP contribution in [0.3, 0.4) is 0 Å². The van der Waals surface area contributed by atoms with Gasteiger partial charge in [0.15, 0.2) is 0 Å². The molecule has 0 spiro atoms. The molecule has 18 heavy (non-hydrogen) atoms. The van der Waals surface area contributed by atoms with Crippen molar-refractivity contribution >= 4 is 0 Å². The molecule has 0 unspecified atom stereocenters. The van der Waals surface area contributed by atoms with Gasteiger partial charge in [0.25, 0.3) is 0 Å². The maximum atomic E-state index is 5.72. The van der Waals surface area contributed by atoms with Gasteiger partial charge >= 0.3 is 0 Å². The highest BCUT2D eigenvalue weighted by Crippen LogP contribution is 2.19. The van der Waals surface area contributed by atoms with Crippen LogP contribution in [0, 0.1) is 0 Å². The van der Waals surface area contributed by atoms with Gasteiger partial charge in [0.05, 0.1) is 6.61 Å². The van der Waals surface area contributed by atoms with Crippen LogP contribution in [0.15, 0.2) is 12.1 Å². The Morgan fingerprint density at radius 3 is 2.67 bits per heavy atom. The molecule has 3 heteroatoms. The van der Waals surface area contributed by atoms with Crippen molar-refractivity contribution in [2.45, 2.75) is 53.0 Å². The van der Waals surface area contributed by atoms with Crippen LogP contribution in [-0.4, -0.2) is 18.1 Å². The largest absolute Gasteiger partial charge is 0.478 e. The second-order valence-electron chi connectivity index (χ2n) is 4.88. The van der Waals surface area contributed by atoms with Crippen molar-refractivity contribution in [1.29, 1.82) is 0 Å². The fourth-order valence-corrected chi connectivity index (χ4v) is 1.64. The predicted molar refractivity (Wildman–Crippen MR) is 76.1 cm³/mol. The van der Waals surface area contributed by atoms with Crippen LogP contribution in [0.4, 0.5) is 0 Å². The van der Waals surface area contributed by atoms with Crippen LogP contribution in [0.25, 0.3) is 0 Å². The van der Waals surface area contributed by atoms with Gasteiger partial charge in [-0.1, -0.05) is 34.1 Å². The van der Waals surface area contributed by atoms with E-state index in [4.69, 9.17) is 4.74 Å². The Bertz CT molecular complexity index is 350. The summed E-state index contributed by atoms with van der Waals surface area (Å²) >= 11 is 0. The third-order valence-corrected chi connectivity index (χ3v) is 2.80. The zero-order valence-electron chi connectivity index (χ0n) is 12.1. The second kappa shape index (κ2) is 8.09. The molecule has 1 aromatic heterocycles. The normalized spacial score (nSPS) is 10.9. The SMILES string of the molecule is CCCCOc1cc(CNCC)cc(C(C)C)n1. The summed E-state index contributed by atoms with van der Waals surface area (Å²) in [6.45, 7) is 11.2. The standard InChI is InChI=1S/C15H26N2O/c1-5-7-8-18-15-10-13(11-16-6-2)9-14(17-15)12(3)4/h9-10,12,16H,5-8,11H2,1-4H3. The lowest BCUT2D eigenvalue weighted by atomic mass is 10.1. The Balaban J connectivity index is 2.77. The van der Waals surface area contributed by atoms with E-state index >= 15 is 0 Å². The number of unbranched alkanes of at least 4 members (excludes halogenated alkanes) is 1. The van der Waals surface area contributed by atoms with Crippen LogP contribution < -0.4 is 10.1 Å². The van der Waals surface area contributed by atoms with Crippen LogP contribution >= 0.6 is 0 Å². The van der Waals surface area contributed by atoms with Crippen molar-refractivity contribution in [3.05, 3.63) is 23.4 Å². The van der Waals surface area contributed by atoms with Gasteiger partial charge in [-0.3, -0.25) is 0 Å². The Labute approximate surface area is 111 Å². The minimum absolute atomic E-state index is 0.431. The van der Waals surface area contributed by atoms with Gasteiger partial charge in [0.2, 0.25) is 5.88 Å². The third-order valence-electron chi connectivity index (χ3n) is 2.80. The van der Waals surface area contributed by atoms with E-state index in [-0.39, 0.29) is 0 Å². The summed E-state index contributed by atoms with van der Waals surface area (Å²) in [5.74, 6) is 1.20. The zero-order chi connectivity index (χ0) is 13.4. The van der Waals surface area contributed by atoms with Crippen LogP contribution in [0.1, 0.15) is 57.7 Å². The predicted octanol–water partition coefficient (Wildman–Crippen LogP) is 3.49. The third kappa shape index (κ3) is 5.05. The van der Waals surface area contributed by atoms with E-state index in [9.17, 15) is 0 Å². The molecule has 0 atom stereocenters. The topological polar surface area (TPSA) is 34.1 Å². The number of ether oxygens (including phenoxy) is 1. The summed E-state index contributed by atoms with van der Waals surface area (Å²) in [5, 5.41) is 3.34. The molecule has 0 aromatic carbocycles. The average molecular weight is 250 g/mol. The Hall–Kier alpha value is -1.09. The summed E-state index contributed by atoms with van der Waals surface area (Å²) < 4.78 is 5.72. The molecule has 0 aliphatic rings. The van der Waals surface area contributed by atoms with Gasteiger partial charge in [0.1, 0.15) is 0 Å². The Morgan fingerprint density at radius 1 is 1.28 bits per heavy atom. The lowest BCUT2D eigenvalue weighted by molar-refractivity contribution is 0.296. The summed E-state index contributed by atoms with van der Waals surface area (Å²) in [6, 6.07) is 4.21. The van der Waals surface area contributed by atoms with E-state index in [0.29, 0.717) is 5.92 Å². The zero-order valence-corrected chi connectivity index (χ0v) is 12.1. The Morgan fingerprint density at radius 2 is 2.06 bits per heavy atom. The molecule has 3 nitrogen and oxygen atoms in total. The van der Waals surface area contributed by atoms with Crippen molar-refractivity contribution in [1.82, 2.24) is 10.3 Å². The van der Waals surface area contributed by atoms with E-state index in [1.807, 2.05) is 6.07 Å². The van der Waals surface area contributed by atoms with E-state index in [1.54, 1.807) is 0 Å². The molecule has 1 heterocycles. The molecule has 0 saturated heterocycles. The molecule has 0 aliphatic heterocycles. The number of hydrogen-bond acceptors (Lipinski definition) is 3. The number of nitrogens with zero attached hydrogens (tertiary/aromatic N) is 1. The van der Waals surface area contributed by atoms with Gasteiger partial charge in [0, 0.05) is 18.3 Å². The van der Waals surface area contributed by atoms with Crippen LogP contribution in [0.5, 0.6) is 5.88 Å². The minimum atomic E-state index is 0.431. The summed E-state index contributed by atoms with van der Waals surface area (Å²) in [6.07, 6.45) is 2.23. The monoisotopic (exact) mass is 250 g/mol. The quantitative estimate of drug-likeness (QED) is 0.717. The lowest BCUT2D eigenvalue weighted by Gasteiger charge is -2.12. The first kappa shape index (κ1) is 15.0. The number of hydrogen-bond donors (Lipinski definition) is 1. The van der Waals surface area contributed by atoms with Gasteiger partial charge in [-0.2, -0.15) is 0 Å². The van der Waals surface area contributed by atoms with Crippen molar-refractivity contribution in [2.75, 3.05) is 13.2 Å². The number of nitrogens with one attached hydrogen (secondary N) is 1. The highest BCUT2D eigenvalue weighted by molar-refractivity contribution is 5.26. The first-order valence-electron chi connectivity index (χ1n) is 7.01. The average Bonchev–Trinajstić information content (AvgIpc) is 2.36. The Kier molecular flexibility index (Phi) is 6.73. The smallest absolute Gasteiger partial charge is 0.213 e. The molecule has 0 fully saturated rings. The molecule has 1 rings (SSSR count). The summed E-state index contributed by atoms with van der Waals surface area (Å²) in [5.41, 5.74) is 2.36. The van der Waals surface area contributed by atoms with Gasteiger partial charge < -0.3 is 10.1 Å². The molecule has 1 N–H and O–H groups in total. The van der Waals surface area contributed by atoms with E-state index < -0.39 is 0 Å². The van der Waals surface area contributed by atoms with Crippen molar-refractivity contribution in [3.63, 3.8) is 0 Å². The molecule has 0 aliphatic carbocycles.